The minimum Gasteiger partial charge on any atom is -0.370 e. The predicted octanol–water partition coefficient (Wildman–Crippen LogP) is 1.62. The molecule has 0 radical (unpaired) electrons. The van der Waals surface area contributed by atoms with Gasteiger partial charge >= 0.3 is 0 Å². The van der Waals surface area contributed by atoms with E-state index in [-0.39, 0.29) is 11.9 Å². The molecule has 0 saturated heterocycles. The van der Waals surface area contributed by atoms with E-state index in [1.807, 2.05) is 66.4 Å². The number of para-hydroxylation sites is 2. The van der Waals surface area contributed by atoms with E-state index in [1.54, 1.807) is 11.9 Å². The molecular weight excluding hydrogens is 328 g/mol. The molecule has 132 valence electrons. The van der Waals surface area contributed by atoms with Crippen LogP contribution < -0.4 is 20.9 Å². The number of aliphatic imine (C=N–C) groups is 2. The van der Waals surface area contributed by atoms with Gasteiger partial charge in [-0.15, -0.1) is 0 Å². The monoisotopic (exact) mass is 348 g/mol. The Morgan fingerprint density at radius 2 is 1.81 bits per heavy atom. The molecule has 1 amide bonds. The Morgan fingerprint density at radius 3 is 2.54 bits per heavy atom. The van der Waals surface area contributed by atoms with Crippen molar-refractivity contribution < 1.29 is 4.79 Å². The third-order valence-electron chi connectivity index (χ3n) is 4.67. The van der Waals surface area contributed by atoms with Crippen LogP contribution in [-0.2, 0) is 10.5 Å². The van der Waals surface area contributed by atoms with Crippen molar-refractivity contribution in [2.24, 2.45) is 15.7 Å². The SMILES string of the molecule is CCN(C1=N[C@@]2(N=C(N)N1)C(=O)N(C)c1ccccc12)c1ccccc1. The molecule has 7 nitrogen and oxygen atoms in total. The quantitative estimate of drug-likeness (QED) is 0.863. The van der Waals surface area contributed by atoms with Crippen molar-refractivity contribution in [2.75, 3.05) is 23.4 Å². The largest absolute Gasteiger partial charge is 0.370 e. The first-order chi connectivity index (χ1) is 12.6. The molecular formula is C19H20N6O. The van der Waals surface area contributed by atoms with Crippen LogP contribution in [-0.4, -0.2) is 31.4 Å². The Balaban J connectivity index is 1.87. The summed E-state index contributed by atoms with van der Waals surface area (Å²) in [6.45, 7) is 2.67. The number of nitrogens with two attached hydrogens (primary N) is 1. The van der Waals surface area contributed by atoms with E-state index in [0.717, 1.165) is 16.9 Å². The van der Waals surface area contributed by atoms with Gasteiger partial charge < -0.3 is 15.5 Å². The summed E-state index contributed by atoms with van der Waals surface area (Å²) in [6.07, 6.45) is 0. The molecule has 4 rings (SSSR count). The highest BCUT2D eigenvalue weighted by Crippen LogP contribution is 2.44. The average Bonchev–Trinajstić information content (AvgIpc) is 2.85. The van der Waals surface area contributed by atoms with Gasteiger partial charge in [0.2, 0.25) is 5.96 Å². The number of nitrogens with zero attached hydrogens (tertiary/aromatic N) is 4. The third-order valence-corrected chi connectivity index (χ3v) is 4.67. The molecule has 7 heteroatoms. The number of nitrogens with one attached hydrogen (secondary N) is 1. The number of likely N-dealkylation sites (N-methyl/N-ethyl adjacent to an activating group) is 1. The van der Waals surface area contributed by atoms with Crippen LogP contribution >= 0.6 is 0 Å². The van der Waals surface area contributed by atoms with Gasteiger partial charge in [0.1, 0.15) is 0 Å². The van der Waals surface area contributed by atoms with Crippen molar-refractivity contribution >= 4 is 29.2 Å². The van der Waals surface area contributed by atoms with Crippen molar-refractivity contribution in [3.63, 3.8) is 0 Å². The van der Waals surface area contributed by atoms with Gasteiger partial charge in [0.15, 0.2) is 5.96 Å². The smallest absolute Gasteiger partial charge is 0.282 e. The Morgan fingerprint density at radius 1 is 1.12 bits per heavy atom. The fraction of sp³-hybridized carbons (Fsp3) is 0.211. The van der Waals surface area contributed by atoms with Crippen LogP contribution in [0.3, 0.4) is 0 Å². The number of hydrogen-bond acceptors (Lipinski definition) is 6. The fourth-order valence-electron chi connectivity index (χ4n) is 3.45. The fourth-order valence-corrected chi connectivity index (χ4v) is 3.45. The molecule has 2 aliphatic rings. The Hall–Kier alpha value is -3.35. The van der Waals surface area contributed by atoms with Gasteiger partial charge in [0, 0.05) is 24.8 Å². The van der Waals surface area contributed by atoms with Gasteiger partial charge in [-0.25, -0.2) is 9.98 Å². The van der Waals surface area contributed by atoms with E-state index in [2.05, 4.69) is 10.3 Å². The molecule has 0 bridgehead atoms. The van der Waals surface area contributed by atoms with E-state index in [1.165, 1.54) is 0 Å². The topological polar surface area (TPSA) is 86.3 Å². The van der Waals surface area contributed by atoms with Gasteiger partial charge in [-0.1, -0.05) is 36.4 Å². The second kappa shape index (κ2) is 5.87. The van der Waals surface area contributed by atoms with Gasteiger partial charge in [-0.05, 0) is 25.1 Å². The highest BCUT2D eigenvalue weighted by molar-refractivity contribution is 6.14. The van der Waals surface area contributed by atoms with Crippen LogP contribution in [0.1, 0.15) is 12.5 Å². The first kappa shape index (κ1) is 16.1. The maximum Gasteiger partial charge on any atom is 0.282 e. The van der Waals surface area contributed by atoms with Crippen molar-refractivity contribution in [3.05, 3.63) is 60.2 Å². The lowest BCUT2D eigenvalue weighted by Gasteiger charge is -2.32. The number of fused-ring (bicyclic) bond motifs is 2. The summed E-state index contributed by atoms with van der Waals surface area (Å²) in [5.74, 6) is 0.456. The highest BCUT2D eigenvalue weighted by Gasteiger charge is 2.52. The van der Waals surface area contributed by atoms with Gasteiger partial charge in [-0.3, -0.25) is 10.1 Å². The van der Waals surface area contributed by atoms with Crippen molar-refractivity contribution in [3.8, 4) is 0 Å². The zero-order chi connectivity index (χ0) is 18.3. The minimum atomic E-state index is -1.38. The van der Waals surface area contributed by atoms with Crippen LogP contribution in [0, 0.1) is 0 Å². The summed E-state index contributed by atoms with van der Waals surface area (Å²) in [6, 6.07) is 17.4. The lowest BCUT2D eigenvalue weighted by molar-refractivity contribution is -0.122. The second-order valence-corrected chi connectivity index (χ2v) is 6.19. The number of benzene rings is 2. The van der Waals surface area contributed by atoms with Crippen LogP contribution in [0.4, 0.5) is 11.4 Å². The molecule has 1 spiro atoms. The van der Waals surface area contributed by atoms with Crippen LogP contribution in [0.5, 0.6) is 0 Å². The minimum absolute atomic E-state index is 0.169. The average molecular weight is 348 g/mol. The van der Waals surface area contributed by atoms with E-state index in [4.69, 9.17) is 10.7 Å². The maximum atomic E-state index is 13.1. The molecule has 0 unspecified atom stereocenters. The van der Waals surface area contributed by atoms with Crippen molar-refractivity contribution in [1.82, 2.24) is 5.32 Å². The Kier molecular flexibility index (Phi) is 3.64. The standard InChI is InChI=1S/C19H20N6O/c1-3-25(13-9-5-4-6-10-13)18-21-17(20)22-19(23-18)14-11-7-8-12-15(14)24(2)16(19)26/h4-12H,3H2,1-2H3,(H3,20,21,22,23)/t19-/m1/s1. The molecule has 0 fully saturated rings. The van der Waals surface area contributed by atoms with Crippen molar-refractivity contribution in [2.45, 2.75) is 12.6 Å². The highest BCUT2D eigenvalue weighted by atomic mass is 16.2. The van der Waals surface area contributed by atoms with E-state index >= 15 is 0 Å². The molecule has 0 aliphatic carbocycles. The first-order valence-electron chi connectivity index (χ1n) is 8.49. The third kappa shape index (κ3) is 2.24. The number of anilines is 2. The summed E-state index contributed by atoms with van der Waals surface area (Å²) < 4.78 is 0. The van der Waals surface area contributed by atoms with Gasteiger partial charge in [0.25, 0.3) is 11.6 Å². The maximum absolute atomic E-state index is 13.1. The number of carbonyl (C=O) groups is 1. The molecule has 1 atom stereocenters. The van der Waals surface area contributed by atoms with E-state index in [0.29, 0.717) is 12.5 Å². The normalized spacial score (nSPS) is 21.2. The predicted molar refractivity (Wildman–Crippen MR) is 103 cm³/mol. The van der Waals surface area contributed by atoms with Gasteiger partial charge in [0.05, 0.1) is 5.69 Å². The van der Waals surface area contributed by atoms with Crippen LogP contribution in [0.25, 0.3) is 0 Å². The van der Waals surface area contributed by atoms with Crippen LogP contribution in [0.2, 0.25) is 0 Å². The van der Waals surface area contributed by atoms with E-state index in [9.17, 15) is 4.79 Å². The summed E-state index contributed by atoms with van der Waals surface area (Å²) in [7, 11) is 1.73. The van der Waals surface area contributed by atoms with Crippen LogP contribution in [0.15, 0.2) is 64.6 Å². The van der Waals surface area contributed by atoms with E-state index < -0.39 is 5.66 Å². The molecule has 2 aromatic carbocycles. The molecule has 2 heterocycles. The zero-order valence-electron chi connectivity index (χ0n) is 14.7. The Bertz CT molecular complexity index is 923. The lowest BCUT2D eigenvalue weighted by Crippen LogP contribution is -2.54. The first-order valence-corrected chi connectivity index (χ1v) is 8.49. The second-order valence-electron chi connectivity index (χ2n) is 6.19. The summed E-state index contributed by atoms with van der Waals surface area (Å²) in [4.78, 5) is 25.8. The molecule has 2 aliphatic heterocycles. The number of hydrogen-bond donors (Lipinski definition) is 2. The lowest BCUT2D eigenvalue weighted by atomic mass is 10.0. The molecule has 3 N–H and O–H groups in total. The summed E-state index contributed by atoms with van der Waals surface area (Å²) in [5.41, 5.74) is 7.18. The molecule has 26 heavy (non-hydrogen) atoms. The number of carbonyl (C=O) groups excluding carboxylic acids is 1. The Labute approximate surface area is 151 Å². The zero-order valence-corrected chi connectivity index (χ0v) is 14.7. The number of amides is 1. The molecule has 0 saturated carbocycles. The molecule has 0 aromatic heterocycles. The van der Waals surface area contributed by atoms with Crippen molar-refractivity contribution in [1.29, 1.82) is 0 Å². The number of guanidine groups is 2. The number of rotatable bonds is 2. The summed E-state index contributed by atoms with van der Waals surface area (Å²) >= 11 is 0. The van der Waals surface area contributed by atoms with Gasteiger partial charge in [-0.2, -0.15) is 0 Å². The summed E-state index contributed by atoms with van der Waals surface area (Å²) in [5, 5.41) is 3.02. The molecule has 2 aromatic rings.